The summed E-state index contributed by atoms with van der Waals surface area (Å²) in [5, 5.41) is 34.9. The third-order valence-electron chi connectivity index (χ3n) is 4.16. The maximum Gasteiger partial charge on any atom is 0.416 e. The van der Waals surface area contributed by atoms with Gasteiger partial charge in [-0.1, -0.05) is 0 Å². The number of alkyl halides is 3. The summed E-state index contributed by atoms with van der Waals surface area (Å²) >= 11 is 0. The van der Waals surface area contributed by atoms with Crippen molar-refractivity contribution in [2.75, 3.05) is 31.2 Å². The van der Waals surface area contributed by atoms with Crippen LogP contribution < -0.4 is 4.90 Å². The van der Waals surface area contributed by atoms with Crippen LogP contribution in [0.1, 0.15) is 21.5 Å². The van der Waals surface area contributed by atoms with E-state index in [2.05, 4.69) is 10.2 Å². The molecule has 0 radical (unpaired) electrons. The highest BCUT2D eigenvalue weighted by Gasteiger charge is 2.34. The zero-order valence-electron chi connectivity index (χ0n) is 15.5. The number of aromatic carboxylic acids is 1. The quantitative estimate of drug-likeness (QED) is 0.571. The number of carboxylic acid groups (broad SMARTS) is 1. The number of hydrogen-bond donors (Lipinski definition) is 3. The lowest BCUT2D eigenvalue weighted by Crippen LogP contribution is -2.29. The van der Waals surface area contributed by atoms with E-state index in [-0.39, 0.29) is 24.5 Å². The Morgan fingerprint density at radius 1 is 1.00 bits per heavy atom. The van der Waals surface area contributed by atoms with Crippen molar-refractivity contribution in [1.29, 1.82) is 0 Å². The monoisotopic (exact) mass is 411 g/mol. The molecule has 2 aromatic rings. The van der Waals surface area contributed by atoms with Gasteiger partial charge in [-0.25, -0.2) is 4.79 Å². The van der Waals surface area contributed by atoms with E-state index in [0.29, 0.717) is 18.8 Å². The van der Waals surface area contributed by atoms with E-state index in [9.17, 15) is 18.0 Å². The molecule has 0 atom stereocenters. The average molecular weight is 411 g/mol. The van der Waals surface area contributed by atoms with Gasteiger partial charge in [-0.15, -0.1) is 0 Å². The molecule has 156 valence electrons. The largest absolute Gasteiger partial charge is 0.478 e. The van der Waals surface area contributed by atoms with Crippen molar-refractivity contribution in [1.82, 2.24) is 0 Å². The lowest BCUT2D eigenvalue weighted by Gasteiger charge is -2.22. The second-order valence-corrected chi connectivity index (χ2v) is 6.12. The summed E-state index contributed by atoms with van der Waals surface area (Å²) in [4.78, 5) is 13.0. The van der Waals surface area contributed by atoms with Crippen molar-refractivity contribution >= 4 is 23.0 Å². The summed E-state index contributed by atoms with van der Waals surface area (Å²) in [6.07, 6.45) is -4.72. The zero-order valence-corrected chi connectivity index (χ0v) is 15.5. The lowest BCUT2D eigenvalue weighted by molar-refractivity contribution is -0.138. The standard InChI is InChI=1S/C19H20F3N3O4/c1-12-16(18(28)29)10-14(11-17(12)19(20,21)22)24-23-13-2-4-15(5-3-13)25(6-8-26)7-9-27/h2-5,10-11,26-27H,6-9H2,1H3,(H,28,29). The van der Waals surface area contributed by atoms with Crippen LogP contribution in [0.2, 0.25) is 0 Å². The highest BCUT2D eigenvalue weighted by molar-refractivity contribution is 5.91. The second-order valence-electron chi connectivity index (χ2n) is 6.12. The van der Waals surface area contributed by atoms with Crippen molar-refractivity contribution in [3.05, 3.63) is 53.1 Å². The highest BCUT2D eigenvalue weighted by Crippen LogP contribution is 2.36. The van der Waals surface area contributed by atoms with E-state index in [1.807, 2.05) is 0 Å². The first-order chi connectivity index (χ1) is 13.7. The van der Waals surface area contributed by atoms with Crippen LogP contribution >= 0.6 is 0 Å². The van der Waals surface area contributed by atoms with E-state index in [1.165, 1.54) is 0 Å². The van der Waals surface area contributed by atoms with Gasteiger partial charge in [0.2, 0.25) is 0 Å². The SMILES string of the molecule is Cc1c(C(=O)O)cc(N=Nc2ccc(N(CCO)CCO)cc2)cc1C(F)(F)F. The zero-order chi connectivity index (χ0) is 21.6. The van der Waals surface area contributed by atoms with Crippen molar-refractivity contribution in [2.45, 2.75) is 13.1 Å². The Kier molecular flexibility index (Phi) is 7.29. The molecule has 0 saturated heterocycles. The first kappa shape index (κ1) is 22.3. The van der Waals surface area contributed by atoms with E-state index < -0.39 is 23.3 Å². The number of benzene rings is 2. The van der Waals surface area contributed by atoms with Crippen LogP contribution in [-0.2, 0) is 6.18 Å². The Hall–Kier alpha value is -2.98. The minimum absolute atomic E-state index is 0.0949. The first-order valence-corrected chi connectivity index (χ1v) is 8.61. The topological polar surface area (TPSA) is 106 Å². The molecule has 3 N–H and O–H groups in total. The highest BCUT2D eigenvalue weighted by atomic mass is 19.4. The predicted octanol–water partition coefficient (Wildman–Crippen LogP) is 3.92. The van der Waals surface area contributed by atoms with Crippen LogP contribution in [0.5, 0.6) is 0 Å². The molecule has 0 amide bonds. The first-order valence-electron chi connectivity index (χ1n) is 8.61. The molecule has 10 heteroatoms. The van der Waals surface area contributed by atoms with Gasteiger partial charge in [0.25, 0.3) is 0 Å². The van der Waals surface area contributed by atoms with Gasteiger partial charge in [-0.3, -0.25) is 0 Å². The minimum atomic E-state index is -4.72. The number of carbonyl (C=O) groups is 1. The third kappa shape index (κ3) is 5.75. The molecule has 0 aliphatic rings. The van der Waals surface area contributed by atoms with Crippen LogP contribution in [0, 0.1) is 6.92 Å². The molecule has 0 heterocycles. The van der Waals surface area contributed by atoms with Gasteiger partial charge >= 0.3 is 12.1 Å². The molecule has 0 spiro atoms. The van der Waals surface area contributed by atoms with Crippen LogP contribution in [-0.4, -0.2) is 47.6 Å². The smallest absolute Gasteiger partial charge is 0.416 e. The average Bonchev–Trinajstić information content (AvgIpc) is 2.66. The van der Waals surface area contributed by atoms with Crippen molar-refractivity contribution in [2.24, 2.45) is 10.2 Å². The van der Waals surface area contributed by atoms with Gasteiger partial charge in [-0.2, -0.15) is 23.4 Å². The number of halogens is 3. The van der Waals surface area contributed by atoms with E-state index in [1.54, 1.807) is 29.2 Å². The molecular formula is C19H20F3N3O4. The molecule has 2 rings (SSSR count). The molecule has 0 saturated carbocycles. The maximum absolute atomic E-state index is 13.2. The van der Waals surface area contributed by atoms with E-state index in [4.69, 9.17) is 15.3 Å². The molecule has 0 unspecified atom stereocenters. The summed E-state index contributed by atoms with van der Waals surface area (Å²) in [7, 11) is 0. The minimum Gasteiger partial charge on any atom is -0.478 e. The Morgan fingerprint density at radius 2 is 1.55 bits per heavy atom. The normalized spacial score (nSPS) is 11.8. The van der Waals surface area contributed by atoms with E-state index >= 15 is 0 Å². The molecule has 0 aliphatic heterocycles. The molecule has 2 aromatic carbocycles. The maximum atomic E-state index is 13.2. The number of anilines is 1. The summed E-state index contributed by atoms with van der Waals surface area (Å²) < 4.78 is 39.5. The second kappa shape index (κ2) is 9.48. The molecular weight excluding hydrogens is 391 g/mol. The molecule has 0 bridgehead atoms. The molecule has 0 aromatic heterocycles. The Labute approximate surface area is 164 Å². The Bertz CT molecular complexity index is 878. The molecule has 0 aliphatic carbocycles. The van der Waals surface area contributed by atoms with Crippen molar-refractivity contribution < 1.29 is 33.3 Å². The fraction of sp³-hybridized carbons (Fsp3) is 0.316. The number of nitrogens with zero attached hydrogens (tertiary/aromatic N) is 3. The van der Waals surface area contributed by atoms with E-state index in [0.717, 1.165) is 24.7 Å². The summed E-state index contributed by atoms with van der Waals surface area (Å²) in [5.74, 6) is -1.48. The van der Waals surface area contributed by atoms with Gasteiger partial charge in [0.05, 0.1) is 35.7 Å². The number of azo groups is 1. The summed E-state index contributed by atoms with van der Waals surface area (Å²) in [6.45, 7) is 1.55. The number of aliphatic hydroxyl groups excluding tert-OH is 2. The van der Waals surface area contributed by atoms with Gasteiger partial charge < -0.3 is 20.2 Å². The number of rotatable bonds is 8. The van der Waals surface area contributed by atoms with Gasteiger partial charge in [-0.05, 0) is 48.9 Å². The van der Waals surface area contributed by atoms with Gasteiger partial charge in [0.1, 0.15) is 0 Å². The van der Waals surface area contributed by atoms with Gasteiger partial charge in [0.15, 0.2) is 0 Å². The van der Waals surface area contributed by atoms with Crippen LogP contribution in [0.4, 0.5) is 30.2 Å². The summed E-state index contributed by atoms with van der Waals surface area (Å²) in [6, 6.07) is 8.26. The number of hydrogen-bond acceptors (Lipinski definition) is 6. The fourth-order valence-electron chi connectivity index (χ4n) is 2.73. The summed E-state index contributed by atoms with van der Waals surface area (Å²) in [5.41, 5.74) is -1.13. The Morgan fingerprint density at radius 3 is 2.03 bits per heavy atom. The van der Waals surface area contributed by atoms with Crippen LogP contribution in [0.25, 0.3) is 0 Å². The predicted molar refractivity (Wildman–Crippen MR) is 100 cm³/mol. The van der Waals surface area contributed by atoms with Crippen LogP contribution in [0.15, 0.2) is 46.6 Å². The lowest BCUT2D eigenvalue weighted by atomic mass is 10.0. The van der Waals surface area contributed by atoms with Crippen LogP contribution in [0.3, 0.4) is 0 Å². The third-order valence-corrected chi connectivity index (χ3v) is 4.16. The van der Waals surface area contributed by atoms with Crippen molar-refractivity contribution in [3.63, 3.8) is 0 Å². The number of aliphatic hydroxyl groups is 2. The van der Waals surface area contributed by atoms with Gasteiger partial charge in [0, 0.05) is 18.8 Å². The molecule has 7 nitrogen and oxygen atoms in total. The van der Waals surface area contributed by atoms with Crippen molar-refractivity contribution in [3.8, 4) is 0 Å². The Balaban J connectivity index is 2.31. The molecule has 29 heavy (non-hydrogen) atoms. The number of carboxylic acids is 1. The molecule has 0 fully saturated rings. The fourth-order valence-corrected chi connectivity index (χ4v) is 2.73.